The Bertz CT molecular complexity index is 580. The smallest absolute Gasteiger partial charge is 0.126 e. The van der Waals surface area contributed by atoms with Crippen molar-refractivity contribution < 1.29 is 9.84 Å². The predicted octanol–water partition coefficient (Wildman–Crippen LogP) is 4.37. The molecule has 0 heterocycles. The van der Waals surface area contributed by atoms with E-state index < -0.39 is 0 Å². The lowest BCUT2D eigenvalue weighted by molar-refractivity contribution is 0.416. The molecule has 2 aromatic carbocycles. The predicted molar refractivity (Wildman–Crippen MR) is 78.8 cm³/mol. The van der Waals surface area contributed by atoms with Crippen LogP contribution >= 0.6 is 0 Å². The lowest BCUT2D eigenvalue weighted by Gasteiger charge is -2.21. The summed E-state index contributed by atoms with van der Waals surface area (Å²) in [7, 11) is 1.67. The lowest BCUT2D eigenvalue weighted by Crippen LogP contribution is -2.11. The second kappa shape index (κ2) is 4.96. The average Bonchev–Trinajstić information content (AvgIpc) is 2.38. The van der Waals surface area contributed by atoms with E-state index in [0.717, 1.165) is 22.4 Å². The number of para-hydroxylation sites is 1. The summed E-state index contributed by atoms with van der Waals surface area (Å²) in [5, 5.41) is 10.0. The molecule has 0 spiro atoms. The first-order chi connectivity index (χ1) is 8.93. The molecule has 0 bridgehead atoms. The molecule has 2 nitrogen and oxygen atoms in total. The Kier molecular flexibility index (Phi) is 3.52. The molecule has 0 fully saturated rings. The minimum absolute atomic E-state index is 0.0951. The van der Waals surface area contributed by atoms with E-state index in [4.69, 9.17) is 4.74 Å². The second-order valence-electron chi connectivity index (χ2n) is 5.68. The van der Waals surface area contributed by atoms with E-state index in [0.29, 0.717) is 5.75 Å². The summed E-state index contributed by atoms with van der Waals surface area (Å²) in [6.07, 6.45) is 0. The highest BCUT2D eigenvalue weighted by Crippen LogP contribution is 2.36. The standard InChI is InChI=1S/C17H20O2/c1-17(2,3)14-11-12(9-10-15(14)18)13-7-5-6-8-16(13)19-4/h5-11,18H,1-4H3. The fourth-order valence-corrected chi connectivity index (χ4v) is 2.19. The van der Waals surface area contributed by atoms with Crippen LogP contribution in [0.4, 0.5) is 0 Å². The summed E-state index contributed by atoms with van der Waals surface area (Å²) in [6, 6.07) is 13.6. The van der Waals surface area contributed by atoms with Crippen molar-refractivity contribution in [1.29, 1.82) is 0 Å². The number of rotatable bonds is 2. The molecule has 100 valence electrons. The molecule has 2 heteroatoms. The van der Waals surface area contributed by atoms with Gasteiger partial charge in [0.05, 0.1) is 7.11 Å². The zero-order valence-corrected chi connectivity index (χ0v) is 11.9. The molecule has 0 unspecified atom stereocenters. The van der Waals surface area contributed by atoms with Gasteiger partial charge in [-0.1, -0.05) is 45.0 Å². The zero-order valence-electron chi connectivity index (χ0n) is 11.9. The van der Waals surface area contributed by atoms with E-state index >= 15 is 0 Å². The molecule has 0 aromatic heterocycles. The van der Waals surface area contributed by atoms with Gasteiger partial charge in [-0.25, -0.2) is 0 Å². The van der Waals surface area contributed by atoms with Gasteiger partial charge in [-0.15, -0.1) is 0 Å². The van der Waals surface area contributed by atoms with E-state index in [-0.39, 0.29) is 5.41 Å². The van der Waals surface area contributed by atoms with Gasteiger partial charge in [-0.05, 0) is 34.7 Å². The molecule has 2 aromatic rings. The van der Waals surface area contributed by atoms with Crippen LogP contribution < -0.4 is 4.74 Å². The van der Waals surface area contributed by atoms with Crippen LogP contribution in [0.15, 0.2) is 42.5 Å². The van der Waals surface area contributed by atoms with Crippen molar-refractivity contribution in [3.05, 3.63) is 48.0 Å². The first-order valence-electron chi connectivity index (χ1n) is 6.40. The van der Waals surface area contributed by atoms with Crippen molar-refractivity contribution in [3.63, 3.8) is 0 Å². The molecule has 0 saturated carbocycles. The van der Waals surface area contributed by atoms with Crippen LogP contribution in [0, 0.1) is 0 Å². The number of ether oxygens (including phenoxy) is 1. The third kappa shape index (κ3) is 2.73. The molecule has 0 amide bonds. The first-order valence-corrected chi connectivity index (χ1v) is 6.40. The molecule has 0 saturated heterocycles. The maximum atomic E-state index is 10.0. The van der Waals surface area contributed by atoms with E-state index in [1.807, 2.05) is 36.4 Å². The number of hydrogen-bond acceptors (Lipinski definition) is 2. The average molecular weight is 256 g/mol. The molecule has 0 atom stereocenters. The molecule has 0 aliphatic carbocycles. The van der Waals surface area contributed by atoms with E-state index in [1.165, 1.54) is 0 Å². The summed E-state index contributed by atoms with van der Waals surface area (Å²) in [4.78, 5) is 0. The second-order valence-corrected chi connectivity index (χ2v) is 5.68. The summed E-state index contributed by atoms with van der Waals surface area (Å²) in [6.45, 7) is 6.27. The number of phenols is 1. The number of aromatic hydroxyl groups is 1. The highest BCUT2D eigenvalue weighted by molar-refractivity contribution is 5.72. The summed E-state index contributed by atoms with van der Waals surface area (Å²) >= 11 is 0. The third-order valence-electron chi connectivity index (χ3n) is 3.22. The minimum atomic E-state index is -0.0951. The fourth-order valence-electron chi connectivity index (χ4n) is 2.19. The Morgan fingerprint density at radius 2 is 1.68 bits per heavy atom. The Hall–Kier alpha value is -1.96. The van der Waals surface area contributed by atoms with Crippen molar-refractivity contribution in [2.75, 3.05) is 7.11 Å². The molecule has 19 heavy (non-hydrogen) atoms. The largest absolute Gasteiger partial charge is 0.508 e. The lowest BCUT2D eigenvalue weighted by atomic mass is 9.84. The molecule has 1 N–H and O–H groups in total. The summed E-state index contributed by atoms with van der Waals surface area (Å²) < 4.78 is 5.39. The summed E-state index contributed by atoms with van der Waals surface area (Å²) in [5.41, 5.74) is 2.94. The van der Waals surface area contributed by atoms with Crippen molar-refractivity contribution >= 4 is 0 Å². The first kappa shape index (κ1) is 13.5. The van der Waals surface area contributed by atoms with Crippen molar-refractivity contribution in [3.8, 4) is 22.6 Å². The van der Waals surface area contributed by atoms with Crippen LogP contribution in [0.2, 0.25) is 0 Å². The summed E-state index contributed by atoms with van der Waals surface area (Å²) in [5.74, 6) is 1.18. The maximum Gasteiger partial charge on any atom is 0.126 e. The normalized spacial score (nSPS) is 11.4. The van der Waals surface area contributed by atoms with Gasteiger partial charge in [0.25, 0.3) is 0 Å². The van der Waals surface area contributed by atoms with Crippen molar-refractivity contribution in [2.45, 2.75) is 26.2 Å². The molecule has 0 aliphatic heterocycles. The highest BCUT2D eigenvalue weighted by Gasteiger charge is 2.19. The Balaban J connectivity index is 2.58. The quantitative estimate of drug-likeness (QED) is 0.864. The van der Waals surface area contributed by atoms with Gasteiger partial charge in [0.1, 0.15) is 11.5 Å². The van der Waals surface area contributed by atoms with E-state index in [2.05, 4.69) is 20.8 Å². The Labute approximate surface area is 114 Å². The van der Waals surface area contributed by atoms with Crippen LogP contribution in [0.5, 0.6) is 11.5 Å². The van der Waals surface area contributed by atoms with Crippen LogP contribution in [-0.4, -0.2) is 12.2 Å². The SMILES string of the molecule is COc1ccccc1-c1ccc(O)c(C(C)(C)C)c1. The Morgan fingerprint density at radius 3 is 2.32 bits per heavy atom. The number of hydrogen-bond donors (Lipinski definition) is 1. The molecule has 0 radical (unpaired) electrons. The van der Waals surface area contributed by atoms with Gasteiger partial charge in [-0.2, -0.15) is 0 Å². The van der Waals surface area contributed by atoms with Gasteiger partial charge in [0.2, 0.25) is 0 Å². The highest BCUT2D eigenvalue weighted by atomic mass is 16.5. The van der Waals surface area contributed by atoms with Crippen LogP contribution in [-0.2, 0) is 5.41 Å². The van der Waals surface area contributed by atoms with Gasteiger partial charge in [0, 0.05) is 5.56 Å². The van der Waals surface area contributed by atoms with Crippen LogP contribution in [0.3, 0.4) is 0 Å². The minimum Gasteiger partial charge on any atom is -0.508 e. The molecular formula is C17H20O2. The number of phenolic OH excluding ortho intramolecular Hbond substituents is 1. The maximum absolute atomic E-state index is 10.0. The molecule has 0 aliphatic rings. The van der Waals surface area contributed by atoms with Gasteiger partial charge >= 0.3 is 0 Å². The fraction of sp³-hybridized carbons (Fsp3) is 0.294. The number of methoxy groups -OCH3 is 1. The van der Waals surface area contributed by atoms with Crippen molar-refractivity contribution in [1.82, 2.24) is 0 Å². The van der Waals surface area contributed by atoms with Gasteiger partial charge in [0.15, 0.2) is 0 Å². The third-order valence-corrected chi connectivity index (χ3v) is 3.22. The Morgan fingerprint density at radius 1 is 1.00 bits per heavy atom. The van der Waals surface area contributed by atoms with E-state index in [9.17, 15) is 5.11 Å². The van der Waals surface area contributed by atoms with Crippen molar-refractivity contribution in [2.24, 2.45) is 0 Å². The molecule has 2 rings (SSSR count). The van der Waals surface area contributed by atoms with Gasteiger partial charge < -0.3 is 9.84 Å². The number of benzene rings is 2. The monoisotopic (exact) mass is 256 g/mol. The zero-order chi connectivity index (χ0) is 14.0. The molecular weight excluding hydrogens is 236 g/mol. The topological polar surface area (TPSA) is 29.5 Å². The van der Waals surface area contributed by atoms with Crippen LogP contribution in [0.1, 0.15) is 26.3 Å². The van der Waals surface area contributed by atoms with Crippen LogP contribution in [0.25, 0.3) is 11.1 Å². The van der Waals surface area contributed by atoms with E-state index in [1.54, 1.807) is 13.2 Å². The van der Waals surface area contributed by atoms with Gasteiger partial charge in [-0.3, -0.25) is 0 Å².